The summed E-state index contributed by atoms with van der Waals surface area (Å²) >= 11 is 6.08. The van der Waals surface area contributed by atoms with Gasteiger partial charge in [-0.25, -0.2) is 9.48 Å². The van der Waals surface area contributed by atoms with E-state index in [1.165, 1.54) is 24.3 Å². The quantitative estimate of drug-likeness (QED) is 0.487. The molecule has 2 aromatic carbocycles. The van der Waals surface area contributed by atoms with Crippen molar-refractivity contribution in [3.8, 4) is 16.9 Å². The van der Waals surface area contributed by atoms with Crippen molar-refractivity contribution in [1.29, 1.82) is 0 Å². The Labute approximate surface area is 160 Å². The smallest absolute Gasteiger partial charge is 0.339 e. The number of halogens is 1. The molecule has 0 atom stereocenters. The van der Waals surface area contributed by atoms with Gasteiger partial charge in [0.05, 0.1) is 16.3 Å². The number of nitrogens with zero attached hydrogens (tertiary/aromatic N) is 3. The molecule has 27 heavy (non-hydrogen) atoms. The van der Waals surface area contributed by atoms with Gasteiger partial charge in [-0.05, 0) is 36.8 Å². The second kappa shape index (κ2) is 7.59. The summed E-state index contributed by atoms with van der Waals surface area (Å²) in [4.78, 5) is 22.3. The Morgan fingerprint density at radius 1 is 1.26 bits per heavy atom. The number of aromatic carboxylic acids is 1. The third-order valence-electron chi connectivity index (χ3n) is 4.09. The summed E-state index contributed by atoms with van der Waals surface area (Å²) < 4.78 is 1.58. The summed E-state index contributed by atoms with van der Waals surface area (Å²) in [7, 11) is 0. The topological polar surface area (TPSA) is 98.3 Å². The number of benzene rings is 2. The predicted molar refractivity (Wildman–Crippen MR) is 102 cm³/mol. The molecule has 0 aliphatic heterocycles. The van der Waals surface area contributed by atoms with Crippen LogP contribution in [0.15, 0.2) is 48.5 Å². The minimum absolute atomic E-state index is 0.0707. The highest BCUT2D eigenvalue weighted by atomic mass is 35.5. The fourth-order valence-electron chi connectivity index (χ4n) is 2.91. The Morgan fingerprint density at radius 2 is 1.96 bits per heavy atom. The highest BCUT2D eigenvalue weighted by Gasteiger charge is 2.25. The first-order valence-corrected chi connectivity index (χ1v) is 8.66. The summed E-state index contributed by atoms with van der Waals surface area (Å²) in [6.07, 6.45) is 1.24. The van der Waals surface area contributed by atoms with Gasteiger partial charge >= 0.3 is 5.97 Å². The summed E-state index contributed by atoms with van der Waals surface area (Å²) in [6, 6.07) is 12.7. The van der Waals surface area contributed by atoms with Gasteiger partial charge in [0.15, 0.2) is 0 Å². The van der Waals surface area contributed by atoms with E-state index in [4.69, 9.17) is 11.6 Å². The minimum atomic E-state index is -1.10. The number of hydrogen-bond acceptors (Lipinski definition) is 4. The van der Waals surface area contributed by atoms with Crippen LogP contribution < -0.4 is 0 Å². The number of non-ortho nitro benzene ring substituents is 1. The monoisotopic (exact) mass is 385 g/mol. The van der Waals surface area contributed by atoms with Crippen LogP contribution >= 0.6 is 11.6 Å². The maximum atomic E-state index is 12.0. The zero-order valence-electron chi connectivity index (χ0n) is 14.4. The van der Waals surface area contributed by atoms with Crippen molar-refractivity contribution in [3.05, 3.63) is 74.9 Å². The van der Waals surface area contributed by atoms with Crippen molar-refractivity contribution in [2.75, 3.05) is 0 Å². The van der Waals surface area contributed by atoms with Gasteiger partial charge in [-0.1, -0.05) is 31.0 Å². The standard InChI is InChI=1S/C19H16ClN3O4/c1-2-4-16-17(19(24)25)18(12-7-9-14(10-8-12)23(26)27)21-22(16)15-6-3-5-13(20)11-15/h3,5-11H,2,4H2,1H3,(H,24,25). The van der Waals surface area contributed by atoms with Gasteiger partial charge in [-0.2, -0.15) is 5.10 Å². The number of rotatable bonds is 6. The van der Waals surface area contributed by atoms with Crippen molar-refractivity contribution in [2.24, 2.45) is 0 Å². The molecule has 0 saturated carbocycles. The van der Waals surface area contributed by atoms with E-state index in [0.717, 1.165) is 6.42 Å². The number of carbonyl (C=O) groups is 1. The van der Waals surface area contributed by atoms with Crippen LogP contribution in [0.3, 0.4) is 0 Å². The maximum Gasteiger partial charge on any atom is 0.339 e. The van der Waals surface area contributed by atoms with Gasteiger partial charge < -0.3 is 5.11 Å². The van der Waals surface area contributed by atoms with E-state index >= 15 is 0 Å². The number of aromatic nitrogens is 2. The normalized spacial score (nSPS) is 10.7. The molecule has 8 heteroatoms. The SMILES string of the molecule is CCCc1c(C(=O)O)c(-c2ccc([N+](=O)[O-])cc2)nn1-c1cccc(Cl)c1. The maximum absolute atomic E-state index is 12.0. The molecule has 0 fully saturated rings. The highest BCUT2D eigenvalue weighted by Crippen LogP contribution is 2.30. The van der Waals surface area contributed by atoms with Crippen LogP contribution in [0.25, 0.3) is 16.9 Å². The van der Waals surface area contributed by atoms with E-state index in [2.05, 4.69) is 5.10 Å². The number of nitro benzene ring substituents is 1. The lowest BCUT2D eigenvalue weighted by Crippen LogP contribution is -2.06. The summed E-state index contributed by atoms with van der Waals surface area (Å²) in [5.41, 5.74) is 1.99. The van der Waals surface area contributed by atoms with Gasteiger partial charge in [0.25, 0.3) is 5.69 Å². The van der Waals surface area contributed by atoms with Crippen LogP contribution in [0.5, 0.6) is 0 Å². The van der Waals surface area contributed by atoms with E-state index in [9.17, 15) is 20.0 Å². The predicted octanol–water partition coefficient (Wildman–Crippen LogP) is 4.75. The first kappa shape index (κ1) is 18.6. The molecule has 3 rings (SSSR count). The van der Waals surface area contributed by atoms with E-state index in [1.54, 1.807) is 28.9 Å². The van der Waals surface area contributed by atoms with E-state index in [1.807, 2.05) is 6.92 Å². The second-order valence-electron chi connectivity index (χ2n) is 5.92. The fraction of sp³-hybridized carbons (Fsp3) is 0.158. The van der Waals surface area contributed by atoms with Gasteiger partial charge in [0.1, 0.15) is 11.3 Å². The first-order valence-electron chi connectivity index (χ1n) is 8.28. The van der Waals surface area contributed by atoms with Crippen molar-refractivity contribution in [3.63, 3.8) is 0 Å². The van der Waals surface area contributed by atoms with Crippen LogP contribution in [0.2, 0.25) is 5.02 Å². The summed E-state index contributed by atoms with van der Waals surface area (Å²) in [5.74, 6) is -1.10. The number of carboxylic acid groups (broad SMARTS) is 1. The molecule has 138 valence electrons. The van der Waals surface area contributed by atoms with Gasteiger partial charge in [0, 0.05) is 22.7 Å². The van der Waals surface area contributed by atoms with Gasteiger partial charge in [0.2, 0.25) is 0 Å². The zero-order chi connectivity index (χ0) is 19.6. The van der Waals surface area contributed by atoms with Crippen LogP contribution in [0.1, 0.15) is 29.4 Å². The average Bonchev–Trinajstić information content (AvgIpc) is 3.02. The Hall–Kier alpha value is -3.19. The second-order valence-corrected chi connectivity index (χ2v) is 6.36. The summed E-state index contributed by atoms with van der Waals surface area (Å²) in [5, 5.41) is 25.7. The number of nitro groups is 1. The van der Waals surface area contributed by atoms with Crippen molar-refractivity contribution < 1.29 is 14.8 Å². The molecule has 0 bridgehead atoms. The number of hydrogen-bond donors (Lipinski definition) is 1. The van der Waals surface area contributed by atoms with Crippen molar-refractivity contribution in [1.82, 2.24) is 9.78 Å². The lowest BCUT2D eigenvalue weighted by atomic mass is 10.0. The molecule has 0 saturated heterocycles. The molecule has 1 N–H and O–H groups in total. The third kappa shape index (κ3) is 3.68. The van der Waals surface area contributed by atoms with Crippen LogP contribution in [-0.4, -0.2) is 25.8 Å². The Kier molecular flexibility index (Phi) is 5.23. The molecule has 7 nitrogen and oxygen atoms in total. The Bertz CT molecular complexity index is 1010. The highest BCUT2D eigenvalue weighted by molar-refractivity contribution is 6.30. The van der Waals surface area contributed by atoms with Crippen LogP contribution in [-0.2, 0) is 6.42 Å². The Morgan fingerprint density at radius 3 is 2.52 bits per heavy atom. The van der Waals surface area contributed by atoms with Gasteiger partial charge in [-0.15, -0.1) is 0 Å². The molecule has 0 amide bonds. The van der Waals surface area contributed by atoms with Crippen molar-refractivity contribution >= 4 is 23.3 Å². The lowest BCUT2D eigenvalue weighted by molar-refractivity contribution is -0.384. The molecular weight excluding hydrogens is 370 g/mol. The third-order valence-corrected chi connectivity index (χ3v) is 4.32. The minimum Gasteiger partial charge on any atom is -0.478 e. The number of carboxylic acids is 1. The zero-order valence-corrected chi connectivity index (χ0v) is 15.2. The van der Waals surface area contributed by atoms with E-state index in [-0.39, 0.29) is 16.9 Å². The molecule has 1 aromatic heterocycles. The molecule has 3 aromatic rings. The molecule has 0 aliphatic carbocycles. The molecule has 0 radical (unpaired) electrons. The van der Waals surface area contributed by atoms with E-state index < -0.39 is 10.9 Å². The summed E-state index contributed by atoms with van der Waals surface area (Å²) in [6.45, 7) is 1.95. The lowest BCUT2D eigenvalue weighted by Gasteiger charge is -2.07. The van der Waals surface area contributed by atoms with Crippen LogP contribution in [0.4, 0.5) is 5.69 Å². The molecule has 0 aliphatic rings. The average molecular weight is 386 g/mol. The molecule has 0 unspecified atom stereocenters. The fourth-order valence-corrected chi connectivity index (χ4v) is 3.09. The Balaban J connectivity index is 2.23. The molecule has 1 heterocycles. The van der Waals surface area contributed by atoms with Gasteiger partial charge in [-0.3, -0.25) is 10.1 Å². The molecule has 0 spiro atoms. The molecular formula is C19H16ClN3O4. The van der Waals surface area contributed by atoms with Crippen molar-refractivity contribution in [2.45, 2.75) is 19.8 Å². The first-order chi connectivity index (χ1) is 12.9. The largest absolute Gasteiger partial charge is 0.478 e. The van der Waals surface area contributed by atoms with Crippen LogP contribution in [0, 0.1) is 10.1 Å². The van der Waals surface area contributed by atoms with E-state index in [0.29, 0.717) is 28.4 Å².